The van der Waals surface area contributed by atoms with Crippen LogP contribution >= 0.6 is 11.3 Å². The van der Waals surface area contributed by atoms with Crippen LogP contribution in [0.1, 0.15) is 49.4 Å². The van der Waals surface area contributed by atoms with Gasteiger partial charge in [-0.25, -0.2) is 13.1 Å². The second-order valence-electron chi connectivity index (χ2n) is 5.02. The van der Waals surface area contributed by atoms with E-state index in [-0.39, 0.29) is 12.3 Å². The Hall–Kier alpha value is -1.06. The van der Waals surface area contributed by atoms with Crippen molar-refractivity contribution in [3.8, 4) is 0 Å². The standard InChI is InChI=1S/C11H17N5O2S2/c1-2-3-6-20(17,18)12-7-9-15-16-10(8-4-5-8)13-14-11(16)19-9/h8,12H,2-7H2,1H3. The number of nitrogens with zero attached hydrogens (tertiary/aromatic N) is 4. The number of rotatable bonds is 7. The lowest BCUT2D eigenvalue weighted by Crippen LogP contribution is -2.25. The molecule has 110 valence electrons. The Labute approximate surface area is 121 Å². The molecule has 0 atom stereocenters. The maximum Gasteiger partial charge on any atom is 0.234 e. The highest BCUT2D eigenvalue weighted by molar-refractivity contribution is 7.89. The lowest BCUT2D eigenvalue weighted by molar-refractivity contribution is 0.577. The fraction of sp³-hybridized carbons (Fsp3) is 0.727. The van der Waals surface area contributed by atoms with Crippen LogP contribution in [-0.4, -0.2) is 34.0 Å². The third-order valence-corrected chi connectivity index (χ3v) is 5.52. The first-order valence-electron chi connectivity index (χ1n) is 6.77. The Bertz CT molecular complexity index is 702. The highest BCUT2D eigenvalue weighted by atomic mass is 32.2. The van der Waals surface area contributed by atoms with E-state index in [0.29, 0.717) is 12.3 Å². The van der Waals surface area contributed by atoms with Crippen molar-refractivity contribution in [3.05, 3.63) is 10.8 Å². The largest absolute Gasteiger partial charge is 0.234 e. The van der Waals surface area contributed by atoms with Crippen molar-refractivity contribution >= 4 is 26.3 Å². The maximum absolute atomic E-state index is 11.7. The Morgan fingerprint density at radius 1 is 1.40 bits per heavy atom. The van der Waals surface area contributed by atoms with Crippen molar-refractivity contribution in [1.29, 1.82) is 0 Å². The fourth-order valence-electron chi connectivity index (χ4n) is 1.92. The number of hydrogen-bond donors (Lipinski definition) is 1. The third kappa shape index (κ3) is 2.99. The Morgan fingerprint density at radius 3 is 2.90 bits per heavy atom. The van der Waals surface area contributed by atoms with E-state index >= 15 is 0 Å². The highest BCUT2D eigenvalue weighted by Crippen LogP contribution is 2.39. The second kappa shape index (κ2) is 5.38. The van der Waals surface area contributed by atoms with Gasteiger partial charge in [-0.3, -0.25) is 0 Å². The van der Waals surface area contributed by atoms with Crippen LogP contribution in [0.3, 0.4) is 0 Å². The third-order valence-electron chi connectivity index (χ3n) is 3.21. The quantitative estimate of drug-likeness (QED) is 0.831. The summed E-state index contributed by atoms with van der Waals surface area (Å²) >= 11 is 1.38. The zero-order valence-corrected chi connectivity index (χ0v) is 12.9. The topological polar surface area (TPSA) is 89.2 Å². The van der Waals surface area contributed by atoms with Crippen LogP contribution in [0.25, 0.3) is 4.96 Å². The Kier molecular flexibility index (Phi) is 3.74. The minimum absolute atomic E-state index is 0.168. The van der Waals surface area contributed by atoms with Gasteiger partial charge in [0.25, 0.3) is 0 Å². The highest BCUT2D eigenvalue weighted by Gasteiger charge is 2.30. The fourth-order valence-corrected chi connectivity index (χ4v) is 3.96. The molecule has 1 fully saturated rings. The normalized spacial score (nSPS) is 16.1. The van der Waals surface area contributed by atoms with E-state index in [1.54, 1.807) is 4.52 Å². The molecular formula is C11H17N5O2S2. The predicted molar refractivity (Wildman–Crippen MR) is 76.2 cm³/mol. The first-order valence-corrected chi connectivity index (χ1v) is 9.24. The first-order chi connectivity index (χ1) is 9.59. The molecule has 1 saturated carbocycles. The molecule has 0 saturated heterocycles. The summed E-state index contributed by atoms with van der Waals surface area (Å²) in [6.07, 6.45) is 3.81. The molecule has 2 heterocycles. The van der Waals surface area contributed by atoms with Gasteiger partial charge in [0.15, 0.2) is 5.82 Å². The summed E-state index contributed by atoms with van der Waals surface area (Å²) in [7, 11) is -3.21. The van der Waals surface area contributed by atoms with Gasteiger partial charge in [0.05, 0.1) is 12.3 Å². The van der Waals surface area contributed by atoms with Gasteiger partial charge in [-0.05, 0) is 19.3 Å². The molecule has 0 amide bonds. The van der Waals surface area contributed by atoms with E-state index in [1.807, 2.05) is 6.92 Å². The molecule has 1 aliphatic rings. The van der Waals surface area contributed by atoms with Gasteiger partial charge in [0.2, 0.25) is 15.0 Å². The molecule has 20 heavy (non-hydrogen) atoms. The number of sulfonamides is 1. The molecule has 0 bridgehead atoms. The molecule has 9 heteroatoms. The van der Waals surface area contributed by atoms with Gasteiger partial charge in [-0.2, -0.15) is 9.61 Å². The number of aromatic nitrogens is 4. The van der Waals surface area contributed by atoms with E-state index in [0.717, 1.165) is 35.1 Å². The molecular weight excluding hydrogens is 298 g/mol. The number of fused-ring (bicyclic) bond motifs is 1. The van der Waals surface area contributed by atoms with Crippen LogP contribution in [0.5, 0.6) is 0 Å². The zero-order valence-electron chi connectivity index (χ0n) is 11.2. The summed E-state index contributed by atoms with van der Waals surface area (Å²) in [5.74, 6) is 1.54. The van der Waals surface area contributed by atoms with E-state index in [2.05, 4.69) is 20.0 Å². The van der Waals surface area contributed by atoms with Crippen molar-refractivity contribution in [2.45, 2.75) is 45.1 Å². The van der Waals surface area contributed by atoms with Gasteiger partial charge in [-0.15, -0.1) is 10.2 Å². The number of unbranched alkanes of at least 4 members (excludes halogenated alkanes) is 1. The average molecular weight is 315 g/mol. The number of hydrogen-bond acceptors (Lipinski definition) is 6. The van der Waals surface area contributed by atoms with Crippen molar-refractivity contribution in [2.75, 3.05) is 5.75 Å². The van der Waals surface area contributed by atoms with Crippen molar-refractivity contribution in [3.63, 3.8) is 0 Å². The maximum atomic E-state index is 11.7. The lowest BCUT2D eigenvalue weighted by Gasteiger charge is -2.03. The summed E-state index contributed by atoms with van der Waals surface area (Å²) < 4.78 is 27.8. The molecule has 0 aromatic carbocycles. The molecule has 0 radical (unpaired) electrons. The van der Waals surface area contributed by atoms with Gasteiger partial charge in [0, 0.05) is 5.92 Å². The van der Waals surface area contributed by atoms with Crippen LogP contribution in [0.4, 0.5) is 0 Å². The zero-order chi connectivity index (χ0) is 14.2. The second-order valence-corrected chi connectivity index (χ2v) is 7.98. The molecule has 2 aromatic heterocycles. The van der Waals surface area contributed by atoms with E-state index in [9.17, 15) is 8.42 Å². The summed E-state index contributed by atoms with van der Waals surface area (Å²) in [5.41, 5.74) is 0. The van der Waals surface area contributed by atoms with E-state index < -0.39 is 10.0 Å². The molecule has 1 aliphatic carbocycles. The van der Waals surface area contributed by atoms with Crippen LogP contribution in [0.15, 0.2) is 0 Å². The lowest BCUT2D eigenvalue weighted by atomic mass is 10.4. The molecule has 3 rings (SSSR count). The van der Waals surface area contributed by atoms with Crippen LogP contribution in [0, 0.1) is 0 Å². The molecule has 0 aliphatic heterocycles. The summed E-state index contributed by atoms with van der Waals surface area (Å²) in [5, 5.41) is 13.3. The van der Waals surface area contributed by atoms with E-state index in [1.165, 1.54) is 11.3 Å². The minimum atomic E-state index is -3.21. The monoisotopic (exact) mass is 315 g/mol. The van der Waals surface area contributed by atoms with Crippen molar-refractivity contribution in [1.82, 2.24) is 24.5 Å². The Balaban J connectivity index is 1.68. The van der Waals surface area contributed by atoms with Gasteiger partial charge in [-0.1, -0.05) is 24.7 Å². The smallest absolute Gasteiger partial charge is 0.212 e. The molecule has 0 spiro atoms. The first kappa shape index (κ1) is 13.9. The summed E-state index contributed by atoms with van der Waals surface area (Å²) in [6.45, 7) is 2.20. The van der Waals surface area contributed by atoms with Gasteiger partial charge < -0.3 is 0 Å². The van der Waals surface area contributed by atoms with Crippen LogP contribution < -0.4 is 4.72 Å². The van der Waals surface area contributed by atoms with Crippen LogP contribution in [0.2, 0.25) is 0 Å². The minimum Gasteiger partial charge on any atom is -0.212 e. The van der Waals surface area contributed by atoms with Gasteiger partial charge >= 0.3 is 0 Å². The Morgan fingerprint density at radius 2 is 2.20 bits per heavy atom. The molecule has 7 nitrogen and oxygen atoms in total. The average Bonchev–Trinajstić information content (AvgIpc) is 3.05. The predicted octanol–water partition coefficient (Wildman–Crippen LogP) is 1.28. The van der Waals surface area contributed by atoms with Gasteiger partial charge in [0.1, 0.15) is 5.01 Å². The van der Waals surface area contributed by atoms with Crippen molar-refractivity contribution in [2.24, 2.45) is 0 Å². The van der Waals surface area contributed by atoms with E-state index in [4.69, 9.17) is 0 Å². The molecule has 1 N–H and O–H groups in total. The SMILES string of the molecule is CCCCS(=O)(=O)NCc1nn2c(C3CC3)nnc2s1. The molecule has 0 unspecified atom stereocenters. The summed E-state index contributed by atoms with van der Waals surface area (Å²) in [6, 6.07) is 0. The van der Waals surface area contributed by atoms with Crippen LogP contribution in [-0.2, 0) is 16.6 Å². The van der Waals surface area contributed by atoms with Crippen molar-refractivity contribution < 1.29 is 8.42 Å². The number of nitrogens with one attached hydrogen (secondary N) is 1. The summed E-state index contributed by atoms with van der Waals surface area (Å²) in [4.78, 5) is 0.731. The molecule has 2 aromatic rings.